The highest BCUT2D eigenvalue weighted by Crippen LogP contribution is 2.32. The number of piperazine rings is 1. The lowest BCUT2D eigenvalue weighted by Gasteiger charge is -2.40. The second kappa shape index (κ2) is 6.02. The van der Waals surface area contributed by atoms with Crippen molar-refractivity contribution in [2.24, 2.45) is 5.92 Å². The van der Waals surface area contributed by atoms with Crippen molar-refractivity contribution >= 4 is 29.1 Å². The zero-order valence-corrected chi connectivity index (χ0v) is 12.9. The fourth-order valence-corrected chi connectivity index (χ4v) is 2.77. The number of halogens is 2. The number of nitrogens with one attached hydrogen (secondary N) is 1. The number of anilines is 1. The van der Waals surface area contributed by atoms with Crippen molar-refractivity contribution in [2.45, 2.75) is 39.3 Å². The van der Waals surface area contributed by atoms with Crippen molar-refractivity contribution in [1.29, 1.82) is 0 Å². The SMILES string of the molecule is CCC1NC(=O)C(C(C)C)N(c2cc(F)ccc2Cl)C1=O. The molecule has 1 aliphatic heterocycles. The Kier molecular flexibility index (Phi) is 4.52. The number of carbonyl (C=O) groups excluding carboxylic acids is 2. The molecule has 2 unspecified atom stereocenters. The van der Waals surface area contributed by atoms with E-state index in [-0.39, 0.29) is 28.4 Å². The third-order valence-corrected chi connectivity index (χ3v) is 3.93. The Bertz CT molecular complexity index is 577. The van der Waals surface area contributed by atoms with E-state index in [1.807, 2.05) is 20.8 Å². The number of hydrogen-bond donors (Lipinski definition) is 1. The molecule has 2 atom stereocenters. The molecule has 1 aromatic carbocycles. The van der Waals surface area contributed by atoms with Gasteiger partial charge in [-0.1, -0.05) is 32.4 Å². The van der Waals surface area contributed by atoms with Gasteiger partial charge in [-0.25, -0.2) is 4.39 Å². The van der Waals surface area contributed by atoms with Gasteiger partial charge in [0.25, 0.3) is 0 Å². The number of amides is 2. The largest absolute Gasteiger partial charge is 0.342 e. The van der Waals surface area contributed by atoms with Crippen LogP contribution in [0.2, 0.25) is 5.02 Å². The molecular formula is C15H18ClFN2O2. The number of rotatable bonds is 3. The van der Waals surface area contributed by atoms with Gasteiger partial charge in [-0.05, 0) is 30.5 Å². The van der Waals surface area contributed by atoms with Crippen molar-refractivity contribution in [3.8, 4) is 0 Å². The molecule has 1 saturated heterocycles. The van der Waals surface area contributed by atoms with E-state index in [9.17, 15) is 14.0 Å². The number of carbonyl (C=O) groups is 2. The standard InChI is InChI=1S/C15H18ClFN2O2/c1-4-11-15(21)19(13(8(2)3)14(20)18-11)12-7-9(17)5-6-10(12)16/h5-8,11,13H,4H2,1-3H3,(H,18,20). The van der Waals surface area contributed by atoms with E-state index in [0.29, 0.717) is 6.42 Å². The Morgan fingerprint density at radius 1 is 1.38 bits per heavy atom. The van der Waals surface area contributed by atoms with E-state index in [0.717, 1.165) is 0 Å². The van der Waals surface area contributed by atoms with Gasteiger partial charge in [0, 0.05) is 0 Å². The number of hydrogen-bond acceptors (Lipinski definition) is 2. The maximum absolute atomic E-state index is 13.5. The molecule has 4 nitrogen and oxygen atoms in total. The van der Waals surface area contributed by atoms with Crippen LogP contribution >= 0.6 is 11.6 Å². The summed E-state index contributed by atoms with van der Waals surface area (Å²) in [5.41, 5.74) is 0.244. The third-order valence-electron chi connectivity index (χ3n) is 3.61. The van der Waals surface area contributed by atoms with Gasteiger partial charge in [-0.2, -0.15) is 0 Å². The van der Waals surface area contributed by atoms with E-state index in [2.05, 4.69) is 5.32 Å². The molecule has 1 heterocycles. The predicted octanol–water partition coefficient (Wildman–Crippen LogP) is 2.75. The summed E-state index contributed by atoms with van der Waals surface area (Å²) in [4.78, 5) is 26.2. The van der Waals surface area contributed by atoms with Crippen molar-refractivity contribution in [2.75, 3.05) is 4.90 Å². The highest BCUT2D eigenvalue weighted by Gasteiger charge is 2.42. The lowest BCUT2D eigenvalue weighted by molar-refractivity contribution is -0.134. The fraction of sp³-hybridized carbons (Fsp3) is 0.467. The minimum atomic E-state index is -0.695. The van der Waals surface area contributed by atoms with Crippen LogP contribution in [-0.2, 0) is 9.59 Å². The summed E-state index contributed by atoms with van der Waals surface area (Å²) in [5, 5.41) is 2.96. The highest BCUT2D eigenvalue weighted by molar-refractivity contribution is 6.34. The first-order chi connectivity index (χ1) is 9.86. The third kappa shape index (κ3) is 2.88. The first-order valence-corrected chi connectivity index (χ1v) is 7.33. The number of nitrogens with zero attached hydrogens (tertiary/aromatic N) is 1. The monoisotopic (exact) mass is 312 g/mol. The van der Waals surface area contributed by atoms with Gasteiger partial charge in [0.2, 0.25) is 11.8 Å². The molecule has 0 saturated carbocycles. The normalized spacial score (nSPS) is 22.7. The quantitative estimate of drug-likeness (QED) is 0.933. The van der Waals surface area contributed by atoms with Crippen LogP contribution in [0.1, 0.15) is 27.2 Å². The molecule has 1 aliphatic rings. The second-order valence-electron chi connectivity index (χ2n) is 5.46. The smallest absolute Gasteiger partial charge is 0.250 e. The molecule has 21 heavy (non-hydrogen) atoms. The first kappa shape index (κ1) is 15.8. The van der Waals surface area contributed by atoms with Crippen molar-refractivity contribution in [3.05, 3.63) is 29.0 Å². The average molecular weight is 313 g/mol. The van der Waals surface area contributed by atoms with Crippen LogP contribution in [0.25, 0.3) is 0 Å². The Morgan fingerprint density at radius 2 is 2.05 bits per heavy atom. The summed E-state index contributed by atoms with van der Waals surface area (Å²) in [5.74, 6) is -1.12. The summed E-state index contributed by atoms with van der Waals surface area (Å²) in [7, 11) is 0. The minimum Gasteiger partial charge on any atom is -0.342 e. The number of benzene rings is 1. The van der Waals surface area contributed by atoms with Crippen LogP contribution < -0.4 is 10.2 Å². The molecule has 0 aromatic heterocycles. The topological polar surface area (TPSA) is 49.4 Å². The van der Waals surface area contributed by atoms with Crippen LogP contribution in [0, 0.1) is 11.7 Å². The van der Waals surface area contributed by atoms with Crippen LogP contribution in [0.15, 0.2) is 18.2 Å². The van der Waals surface area contributed by atoms with Crippen molar-refractivity contribution in [1.82, 2.24) is 5.32 Å². The first-order valence-electron chi connectivity index (χ1n) is 6.95. The van der Waals surface area contributed by atoms with Crippen molar-refractivity contribution < 1.29 is 14.0 Å². The molecule has 0 radical (unpaired) electrons. The molecule has 1 N–H and O–H groups in total. The zero-order chi connectivity index (χ0) is 15.7. The average Bonchev–Trinajstić information content (AvgIpc) is 2.43. The summed E-state index contributed by atoms with van der Waals surface area (Å²) in [6.07, 6.45) is 0.471. The summed E-state index contributed by atoms with van der Waals surface area (Å²) in [6.45, 7) is 5.48. The molecule has 1 aromatic rings. The molecule has 0 spiro atoms. The van der Waals surface area contributed by atoms with E-state index in [1.54, 1.807) is 0 Å². The van der Waals surface area contributed by atoms with Crippen LogP contribution in [-0.4, -0.2) is 23.9 Å². The summed E-state index contributed by atoms with van der Waals surface area (Å²) >= 11 is 6.11. The van der Waals surface area contributed by atoms with Crippen molar-refractivity contribution in [3.63, 3.8) is 0 Å². The van der Waals surface area contributed by atoms with Crippen LogP contribution in [0.3, 0.4) is 0 Å². The molecular weight excluding hydrogens is 295 g/mol. The van der Waals surface area contributed by atoms with Gasteiger partial charge in [0.15, 0.2) is 0 Å². The lowest BCUT2D eigenvalue weighted by Crippen LogP contribution is -2.65. The van der Waals surface area contributed by atoms with E-state index in [1.165, 1.54) is 23.1 Å². The van der Waals surface area contributed by atoms with Crippen LogP contribution in [0.5, 0.6) is 0 Å². The maximum Gasteiger partial charge on any atom is 0.250 e. The van der Waals surface area contributed by atoms with Gasteiger partial charge < -0.3 is 5.32 Å². The summed E-state index contributed by atoms with van der Waals surface area (Å²) < 4.78 is 13.5. The van der Waals surface area contributed by atoms with E-state index in [4.69, 9.17) is 11.6 Å². The predicted molar refractivity (Wildman–Crippen MR) is 79.7 cm³/mol. The van der Waals surface area contributed by atoms with E-state index >= 15 is 0 Å². The van der Waals surface area contributed by atoms with Gasteiger partial charge in [0.1, 0.15) is 17.9 Å². The van der Waals surface area contributed by atoms with Crippen LogP contribution in [0.4, 0.5) is 10.1 Å². The van der Waals surface area contributed by atoms with Gasteiger partial charge in [-0.3, -0.25) is 14.5 Å². The molecule has 2 rings (SSSR count). The molecule has 0 bridgehead atoms. The molecule has 1 fully saturated rings. The Labute approximate surface area is 128 Å². The Morgan fingerprint density at radius 3 is 2.62 bits per heavy atom. The van der Waals surface area contributed by atoms with E-state index < -0.39 is 17.9 Å². The van der Waals surface area contributed by atoms with Gasteiger partial charge in [-0.15, -0.1) is 0 Å². The molecule has 114 valence electrons. The lowest BCUT2D eigenvalue weighted by atomic mass is 9.95. The Balaban J connectivity index is 2.55. The molecule has 2 amide bonds. The summed E-state index contributed by atoms with van der Waals surface area (Å²) in [6, 6.07) is 2.51. The Hall–Kier alpha value is -1.62. The highest BCUT2D eigenvalue weighted by atomic mass is 35.5. The zero-order valence-electron chi connectivity index (χ0n) is 12.2. The van der Waals surface area contributed by atoms with Gasteiger partial charge >= 0.3 is 0 Å². The fourth-order valence-electron chi connectivity index (χ4n) is 2.56. The maximum atomic E-state index is 13.5. The molecule has 0 aliphatic carbocycles. The second-order valence-corrected chi connectivity index (χ2v) is 5.87. The van der Waals surface area contributed by atoms with Gasteiger partial charge in [0.05, 0.1) is 10.7 Å². The molecule has 6 heteroatoms. The minimum absolute atomic E-state index is 0.119.